The molecule has 3 N–H and O–H groups in total. The Hall–Kier alpha value is -0.318. The Balaban J connectivity index is -0.0000000973. The SMILES string of the molecule is O=C(O)CCC(=O)C1CCCC1.O=C(O)CCC(=O)C1CCCC1.O=C(O)CCC(=O)C1CCCC1.O=c1scc(C2CCCC2)s1.[CH3-].[CH3-].[CH3-].[CH3-].[CH3-].[CH3-].[Fe+2].[Fe+2].[Fe+2].[Ni].[S-]C=C([S-])C1CCCC1.[S-]C=C([S-])C1CCCC1. The molecule has 1 aromatic heterocycles. The molecule has 0 aromatic carbocycles. The third-order valence-electron chi connectivity index (χ3n) is 13.2. The van der Waals surface area contributed by atoms with E-state index in [4.69, 9.17) is 65.8 Å². The number of allylic oxidation sites excluding steroid dienone is 2. The summed E-state index contributed by atoms with van der Waals surface area (Å²) in [5.41, 5.74) is 0. The molecule has 10 nitrogen and oxygen atoms in total. The van der Waals surface area contributed by atoms with E-state index in [1.165, 1.54) is 105 Å². The Labute approximate surface area is 527 Å². The van der Waals surface area contributed by atoms with Gasteiger partial charge in [-0.05, 0) is 94.8 Å². The van der Waals surface area contributed by atoms with Crippen LogP contribution in [0.25, 0.3) is 0 Å². The summed E-state index contributed by atoms with van der Waals surface area (Å²) in [4.78, 5) is 78.6. The number of ketones is 3. The Kier molecular flexibility index (Phi) is 71.3. The number of aliphatic carboxylic acids is 3. The van der Waals surface area contributed by atoms with Gasteiger partial charge in [-0.3, -0.25) is 33.6 Å². The van der Waals surface area contributed by atoms with E-state index in [0.29, 0.717) is 11.8 Å². The molecule has 6 saturated carbocycles. The maximum absolute atomic E-state index is 11.3. The second-order valence-electron chi connectivity index (χ2n) is 18.0. The third-order valence-corrected chi connectivity index (χ3v) is 17.0. The van der Waals surface area contributed by atoms with E-state index in [2.05, 4.69) is 0 Å². The first kappa shape index (κ1) is 94.0. The van der Waals surface area contributed by atoms with Crippen molar-refractivity contribution in [3.8, 4) is 0 Å². The molecular weight excluding hydrogens is 1240 g/mol. The van der Waals surface area contributed by atoms with Crippen molar-refractivity contribution in [3.05, 3.63) is 84.3 Å². The molecule has 1 heterocycles. The van der Waals surface area contributed by atoms with Gasteiger partial charge in [0.05, 0.1) is 19.3 Å². The number of rotatable bonds is 15. The fourth-order valence-corrected chi connectivity index (χ4v) is 12.1. The minimum atomic E-state index is -0.874. The zero-order valence-electron chi connectivity index (χ0n) is 45.4. The summed E-state index contributed by atoms with van der Waals surface area (Å²) >= 11 is 22.4. The molecule has 0 spiro atoms. The Bertz CT molecular complexity index is 1580. The molecule has 7 rings (SSSR count). The molecule has 0 saturated heterocycles. The zero-order valence-corrected chi connectivity index (χ0v) is 54.6. The van der Waals surface area contributed by atoms with Gasteiger partial charge in [-0.25, -0.2) is 20.6 Å². The molecule has 0 bridgehead atoms. The maximum atomic E-state index is 11.3. The first-order chi connectivity index (χ1) is 31.1. The second-order valence-corrected chi connectivity index (χ2v) is 21.6. The molecule has 6 aliphatic rings. The summed E-state index contributed by atoms with van der Waals surface area (Å²) in [6.07, 6.45) is 29.0. The van der Waals surface area contributed by atoms with Crippen LogP contribution in [0.2, 0.25) is 0 Å². The van der Waals surface area contributed by atoms with E-state index >= 15 is 0 Å². The summed E-state index contributed by atoms with van der Waals surface area (Å²) in [7, 11) is 0. The third kappa shape index (κ3) is 43.1. The molecule has 0 amide bonds. The molecule has 75 heavy (non-hydrogen) atoms. The standard InChI is InChI=1S/3C9H14O3.C8H10OS2.2C7H12S2.6CH3.3Fe.Ni/c3*10-8(5-6-9(11)12)7-3-1-2-4-7;9-8-10-5-7(11-8)6-3-1-2-4-6;2*8-5-7(9)6-3-1-2-4-6;;;;;;;;;;/h3*7H,1-6H2,(H,11,12);5-6H,1-4H2;2*5-6,8-9H,1-4H2;6*1H3;;;;/q;;;;;;6*-1;3*+2;/p-4. The first-order valence-electron chi connectivity index (χ1n) is 23.9. The Morgan fingerprint density at radius 3 is 0.867 bits per heavy atom. The molecule has 6 fully saturated rings. The van der Waals surface area contributed by atoms with Crippen LogP contribution in [0.4, 0.5) is 0 Å². The quantitative estimate of drug-likeness (QED) is 0.0857. The smallest absolute Gasteiger partial charge is 0.789 e. The van der Waals surface area contributed by atoms with E-state index < -0.39 is 17.9 Å². The Morgan fingerprint density at radius 2 is 0.667 bits per heavy atom. The van der Waals surface area contributed by atoms with Gasteiger partial charge in [0.1, 0.15) is 17.3 Å². The number of Topliss-reactive ketones (excluding diaryl/α,β-unsaturated/α-hetero) is 3. The average Bonchev–Trinajstić information content (AvgIpc) is 4.15. The van der Waals surface area contributed by atoms with Crippen molar-refractivity contribution in [1.82, 2.24) is 0 Å². The predicted octanol–water partition coefficient (Wildman–Crippen LogP) is 14.6. The number of hydrogen-bond donors (Lipinski definition) is 3. The van der Waals surface area contributed by atoms with Crippen molar-refractivity contribution in [2.24, 2.45) is 29.6 Å². The fraction of sp³-hybridized carbons (Fsp3) is 0.655. The Morgan fingerprint density at radius 1 is 0.440 bits per heavy atom. The number of carboxylic acids is 3. The van der Waals surface area contributed by atoms with Crippen LogP contribution in [-0.4, -0.2) is 50.6 Å². The van der Waals surface area contributed by atoms with Crippen LogP contribution < -0.4 is 4.06 Å². The van der Waals surface area contributed by atoms with Gasteiger partial charge in [0, 0.05) is 63.8 Å². The van der Waals surface area contributed by atoms with Gasteiger partial charge in [-0.1, -0.05) is 99.7 Å². The summed E-state index contributed by atoms with van der Waals surface area (Å²) in [6.45, 7) is 0. The van der Waals surface area contributed by atoms with Crippen LogP contribution >= 0.6 is 22.7 Å². The van der Waals surface area contributed by atoms with Crippen LogP contribution in [-0.2, 0) is 147 Å². The van der Waals surface area contributed by atoms with E-state index in [-0.39, 0.29) is 190 Å². The van der Waals surface area contributed by atoms with E-state index in [1.54, 1.807) is 10.8 Å². The number of hydrogen-bond acceptors (Lipinski definition) is 13. The molecule has 444 valence electrons. The van der Waals surface area contributed by atoms with Crippen molar-refractivity contribution in [3.63, 3.8) is 0 Å². The van der Waals surface area contributed by atoms with Crippen molar-refractivity contribution >= 4 is 108 Å². The monoisotopic (exact) mass is 1330 g/mol. The van der Waals surface area contributed by atoms with E-state index in [0.717, 1.165) is 92.8 Å². The normalized spacial score (nSPS) is 17.0. The largest absolute Gasteiger partial charge is 2.00 e. The summed E-state index contributed by atoms with van der Waals surface area (Å²) in [6, 6.07) is 0. The van der Waals surface area contributed by atoms with Crippen LogP contribution in [0.15, 0.2) is 30.8 Å². The second kappa shape index (κ2) is 56.9. The van der Waals surface area contributed by atoms with Gasteiger partial charge in [0.15, 0.2) is 0 Å². The van der Waals surface area contributed by atoms with Gasteiger partial charge in [0.2, 0.25) is 0 Å². The van der Waals surface area contributed by atoms with Crippen molar-refractivity contribution in [2.45, 2.75) is 199 Å². The average molecular weight is 1330 g/mol. The van der Waals surface area contributed by atoms with Crippen molar-refractivity contribution < 1.29 is 112 Å². The van der Waals surface area contributed by atoms with Gasteiger partial charge >= 0.3 is 69.1 Å². The molecule has 6 aliphatic carbocycles. The molecule has 20 heteroatoms. The van der Waals surface area contributed by atoms with Gasteiger partial charge in [0.25, 0.3) is 4.06 Å². The topological polar surface area (TPSA) is 180 Å². The van der Waals surface area contributed by atoms with E-state index in [1.807, 2.05) is 5.38 Å². The summed E-state index contributed by atoms with van der Waals surface area (Å²) in [5, 5.41) is 30.4. The maximum Gasteiger partial charge on any atom is 2.00 e. The molecule has 0 atom stereocenters. The van der Waals surface area contributed by atoms with Crippen molar-refractivity contribution in [2.75, 3.05) is 0 Å². The minimum Gasteiger partial charge on any atom is -0.789 e. The molecule has 0 unspecified atom stereocenters. The first-order valence-corrected chi connectivity index (χ1v) is 27.4. The van der Waals surface area contributed by atoms with Crippen LogP contribution in [0.3, 0.4) is 0 Å². The summed E-state index contributed by atoms with van der Waals surface area (Å²) < 4.78 is 0.256. The van der Waals surface area contributed by atoms with Gasteiger partial charge in [-0.2, -0.15) is 0 Å². The predicted molar refractivity (Wildman–Crippen MR) is 309 cm³/mol. The number of carbonyl (C=O) groups excluding carboxylic acids is 3. The van der Waals surface area contributed by atoms with Crippen LogP contribution in [0, 0.1) is 74.1 Å². The molecule has 0 radical (unpaired) electrons. The minimum absolute atomic E-state index is 0. The number of carboxylic acid groups (broad SMARTS) is 3. The molecular formula is C55H90Fe3NiO10S6-4. The number of carbonyl (C=O) groups is 6. The molecule has 1 aromatic rings. The van der Waals surface area contributed by atoms with E-state index in [9.17, 15) is 33.6 Å². The molecule has 0 aliphatic heterocycles. The van der Waals surface area contributed by atoms with Gasteiger partial charge < -0.3 is 110 Å². The van der Waals surface area contributed by atoms with Crippen molar-refractivity contribution in [1.29, 1.82) is 0 Å². The van der Waals surface area contributed by atoms with Crippen LogP contribution in [0.5, 0.6) is 0 Å². The van der Waals surface area contributed by atoms with Crippen LogP contribution in [0.1, 0.15) is 203 Å². The van der Waals surface area contributed by atoms with Gasteiger partial charge in [-0.15, -0.1) is 0 Å². The summed E-state index contributed by atoms with van der Waals surface area (Å²) in [5.74, 6) is 0.357. The fourth-order valence-electron chi connectivity index (χ4n) is 9.30. The zero-order chi connectivity index (χ0) is 48.0.